The van der Waals surface area contributed by atoms with Gasteiger partial charge in [0.1, 0.15) is 11.6 Å². The Morgan fingerprint density at radius 3 is 2.88 bits per heavy atom. The summed E-state index contributed by atoms with van der Waals surface area (Å²) in [6.07, 6.45) is 0. The van der Waals surface area contributed by atoms with Gasteiger partial charge in [-0.2, -0.15) is 0 Å². The number of carbonyl (C=O) groups excluding carboxylic acids is 1. The van der Waals surface area contributed by atoms with Crippen molar-refractivity contribution in [2.24, 2.45) is 0 Å². The topological polar surface area (TPSA) is 58.6 Å². The molecule has 2 aromatic rings. The van der Waals surface area contributed by atoms with E-state index >= 15 is 0 Å². The Morgan fingerprint density at radius 1 is 1.47 bits per heavy atom. The third kappa shape index (κ3) is 2.91. The van der Waals surface area contributed by atoms with Crippen LogP contribution >= 0.6 is 11.8 Å². The SMILES string of the molecule is Cc1nc(SCC(=O)c2ccccc2F)n[nH]1. The first-order chi connectivity index (χ1) is 8.16. The van der Waals surface area contributed by atoms with Crippen LogP contribution in [0, 0.1) is 12.7 Å². The van der Waals surface area contributed by atoms with Gasteiger partial charge in [0.05, 0.1) is 11.3 Å². The van der Waals surface area contributed by atoms with Gasteiger partial charge in [0.25, 0.3) is 0 Å². The van der Waals surface area contributed by atoms with Crippen LogP contribution in [-0.2, 0) is 0 Å². The number of nitrogens with zero attached hydrogens (tertiary/aromatic N) is 2. The summed E-state index contributed by atoms with van der Waals surface area (Å²) in [5.74, 6) is 0.0451. The molecule has 0 radical (unpaired) electrons. The average Bonchev–Trinajstić information content (AvgIpc) is 2.73. The second-order valence-corrected chi connectivity index (χ2v) is 4.34. The Hall–Kier alpha value is -1.69. The standard InChI is InChI=1S/C11H10FN3OS/c1-7-13-11(15-14-7)17-6-10(16)8-4-2-3-5-9(8)12/h2-5H,6H2,1H3,(H,13,14,15). The smallest absolute Gasteiger partial charge is 0.208 e. The molecule has 0 aliphatic heterocycles. The molecule has 0 aliphatic rings. The Kier molecular flexibility index (Phi) is 3.53. The molecule has 4 nitrogen and oxygen atoms in total. The van der Waals surface area contributed by atoms with Crippen LogP contribution in [0.2, 0.25) is 0 Å². The maximum Gasteiger partial charge on any atom is 0.208 e. The molecular formula is C11H10FN3OS. The molecule has 0 spiro atoms. The fourth-order valence-corrected chi connectivity index (χ4v) is 2.01. The Balaban J connectivity index is 2.01. The van der Waals surface area contributed by atoms with E-state index < -0.39 is 5.82 Å². The number of hydrogen-bond donors (Lipinski definition) is 1. The van der Waals surface area contributed by atoms with Crippen molar-refractivity contribution in [3.8, 4) is 0 Å². The summed E-state index contributed by atoms with van der Waals surface area (Å²) >= 11 is 1.18. The fourth-order valence-electron chi connectivity index (χ4n) is 1.28. The van der Waals surface area contributed by atoms with Crippen molar-refractivity contribution in [2.75, 3.05) is 5.75 Å². The molecule has 2 rings (SSSR count). The molecule has 6 heteroatoms. The lowest BCUT2D eigenvalue weighted by atomic mass is 10.1. The van der Waals surface area contributed by atoms with Gasteiger partial charge in [0.2, 0.25) is 5.16 Å². The second-order valence-electron chi connectivity index (χ2n) is 3.40. The van der Waals surface area contributed by atoms with Crippen LogP contribution in [0.15, 0.2) is 29.4 Å². The monoisotopic (exact) mass is 251 g/mol. The molecule has 0 atom stereocenters. The first kappa shape index (κ1) is 11.8. The molecule has 1 aromatic carbocycles. The van der Waals surface area contributed by atoms with Gasteiger partial charge in [-0.3, -0.25) is 9.89 Å². The zero-order valence-electron chi connectivity index (χ0n) is 9.11. The van der Waals surface area contributed by atoms with E-state index in [1.807, 2.05) is 0 Å². The number of Topliss-reactive ketones (excluding diaryl/α,β-unsaturated/α-hetero) is 1. The van der Waals surface area contributed by atoms with Crippen LogP contribution in [0.3, 0.4) is 0 Å². The number of aryl methyl sites for hydroxylation is 1. The third-order valence-corrected chi connectivity index (χ3v) is 2.93. The van der Waals surface area contributed by atoms with Crippen LogP contribution < -0.4 is 0 Å². The van der Waals surface area contributed by atoms with Gasteiger partial charge in [0, 0.05) is 0 Å². The number of thioether (sulfide) groups is 1. The number of H-pyrrole nitrogens is 1. The summed E-state index contributed by atoms with van der Waals surface area (Å²) < 4.78 is 13.3. The average molecular weight is 251 g/mol. The summed E-state index contributed by atoms with van der Waals surface area (Å²) in [7, 11) is 0. The van der Waals surface area contributed by atoms with Crippen LogP contribution in [0.4, 0.5) is 4.39 Å². The Labute approximate surface area is 102 Å². The van der Waals surface area contributed by atoms with Crippen molar-refractivity contribution < 1.29 is 9.18 Å². The molecule has 0 saturated heterocycles. The minimum absolute atomic E-state index is 0.104. The maximum atomic E-state index is 13.3. The molecule has 0 saturated carbocycles. The van der Waals surface area contributed by atoms with Crippen molar-refractivity contribution in [1.82, 2.24) is 15.2 Å². The van der Waals surface area contributed by atoms with E-state index in [0.717, 1.165) is 0 Å². The number of benzene rings is 1. The lowest BCUT2D eigenvalue weighted by molar-refractivity contribution is 0.101. The van der Waals surface area contributed by atoms with Crippen molar-refractivity contribution in [3.63, 3.8) is 0 Å². The minimum atomic E-state index is -0.496. The molecule has 17 heavy (non-hydrogen) atoms. The quantitative estimate of drug-likeness (QED) is 0.668. The van der Waals surface area contributed by atoms with Crippen LogP contribution in [0.5, 0.6) is 0 Å². The molecule has 1 N–H and O–H groups in total. The molecule has 1 aromatic heterocycles. The first-order valence-corrected chi connectivity index (χ1v) is 5.95. The molecular weight excluding hydrogens is 241 g/mol. The second kappa shape index (κ2) is 5.09. The van der Waals surface area contributed by atoms with E-state index in [1.165, 1.54) is 23.9 Å². The highest BCUT2D eigenvalue weighted by Crippen LogP contribution is 2.16. The molecule has 1 heterocycles. The summed E-state index contributed by atoms with van der Waals surface area (Å²) in [6, 6.07) is 5.94. The van der Waals surface area contributed by atoms with Crippen molar-refractivity contribution >= 4 is 17.5 Å². The van der Waals surface area contributed by atoms with Gasteiger partial charge in [-0.1, -0.05) is 23.9 Å². The molecule has 0 aliphatic carbocycles. The minimum Gasteiger partial charge on any atom is -0.293 e. The van der Waals surface area contributed by atoms with Gasteiger partial charge >= 0.3 is 0 Å². The Bertz CT molecular complexity index is 541. The van der Waals surface area contributed by atoms with E-state index in [-0.39, 0.29) is 17.1 Å². The number of carbonyl (C=O) groups is 1. The van der Waals surface area contributed by atoms with Gasteiger partial charge in [-0.15, -0.1) is 5.10 Å². The van der Waals surface area contributed by atoms with E-state index in [9.17, 15) is 9.18 Å². The largest absolute Gasteiger partial charge is 0.293 e. The number of aromatic nitrogens is 3. The van der Waals surface area contributed by atoms with Crippen molar-refractivity contribution in [1.29, 1.82) is 0 Å². The molecule has 0 amide bonds. The highest BCUT2D eigenvalue weighted by molar-refractivity contribution is 7.99. The number of rotatable bonds is 4. The predicted octanol–water partition coefficient (Wildman–Crippen LogP) is 2.23. The Morgan fingerprint density at radius 2 is 2.24 bits per heavy atom. The lowest BCUT2D eigenvalue weighted by Gasteiger charge is -2.00. The predicted molar refractivity (Wildman–Crippen MR) is 62.6 cm³/mol. The number of aromatic amines is 1. The van der Waals surface area contributed by atoms with E-state index in [2.05, 4.69) is 15.2 Å². The number of ketones is 1. The fraction of sp³-hybridized carbons (Fsp3) is 0.182. The van der Waals surface area contributed by atoms with Crippen molar-refractivity contribution in [2.45, 2.75) is 12.1 Å². The van der Waals surface area contributed by atoms with Gasteiger partial charge < -0.3 is 0 Å². The first-order valence-electron chi connectivity index (χ1n) is 4.96. The third-order valence-electron chi connectivity index (χ3n) is 2.08. The molecule has 0 bridgehead atoms. The van der Waals surface area contributed by atoms with Crippen LogP contribution in [-0.4, -0.2) is 26.7 Å². The van der Waals surface area contributed by atoms with Crippen LogP contribution in [0.25, 0.3) is 0 Å². The zero-order valence-corrected chi connectivity index (χ0v) is 9.92. The maximum absolute atomic E-state index is 13.3. The lowest BCUT2D eigenvalue weighted by Crippen LogP contribution is -2.05. The number of nitrogens with one attached hydrogen (secondary N) is 1. The zero-order chi connectivity index (χ0) is 12.3. The highest BCUT2D eigenvalue weighted by atomic mass is 32.2. The number of halogens is 1. The van der Waals surface area contributed by atoms with Gasteiger partial charge in [-0.25, -0.2) is 9.37 Å². The van der Waals surface area contributed by atoms with E-state index in [0.29, 0.717) is 11.0 Å². The summed E-state index contributed by atoms with van der Waals surface area (Å²) in [6.45, 7) is 1.77. The molecule has 0 unspecified atom stereocenters. The summed E-state index contributed by atoms with van der Waals surface area (Å²) in [4.78, 5) is 15.8. The number of hydrogen-bond acceptors (Lipinski definition) is 4. The molecule has 0 fully saturated rings. The summed E-state index contributed by atoms with van der Waals surface area (Å²) in [5, 5.41) is 7.05. The van der Waals surface area contributed by atoms with Crippen molar-refractivity contribution in [3.05, 3.63) is 41.5 Å². The summed E-state index contributed by atoms with van der Waals surface area (Å²) in [5.41, 5.74) is 0.104. The van der Waals surface area contributed by atoms with E-state index in [4.69, 9.17) is 0 Å². The normalized spacial score (nSPS) is 10.5. The van der Waals surface area contributed by atoms with Gasteiger partial charge in [0.15, 0.2) is 5.78 Å². The van der Waals surface area contributed by atoms with Crippen LogP contribution in [0.1, 0.15) is 16.2 Å². The van der Waals surface area contributed by atoms with Gasteiger partial charge in [-0.05, 0) is 19.1 Å². The molecule has 88 valence electrons. The van der Waals surface area contributed by atoms with E-state index in [1.54, 1.807) is 19.1 Å². The highest BCUT2D eigenvalue weighted by Gasteiger charge is 2.12.